The Morgan fingerprint density at radius 1 is 1.16 bits per heavy atom. The summed E-state index contributed by atoms with van der Waals surface area (Å²) in [7, 11) is 1.45. The minimum absolute atomic E-state index is 0.0590. The number of benzene rings is 1. The van der Waals surface area contributed by atoms with Gasteiger partial charge in [-0.25, -0.2) is 4.39 Å². The zero-order valence-corrected chi connectivity index (χ0v) is 21.8. The number of aromatic nitrogens is 1. The van der Waals surface area contributed by atoms with Crippen LogP contribution < -0.4 is 5.32 Å². The predicted molar refractivity (Wildman–Crippen MR) is 131 cm³/mol. The van der Waals surface area contributed by atoms with E-state index < -0.39 is 58.8 Å². The smallest absolute Gasteiger partial charge is 0.419 e. The molecule has 1 aromatic carbocycles. The van der Waals surface area contributed by atoms with Gasteiger partial charge in [-0.05, 0) is 44.5 Å². The quantitative estimate of drug-likeness (QED) is 0.160. The lowest BCUT2D eigenvalue weighted by Crippen LogP contribution is -2.30. The van der Waals surface area contributed by atoms with Crippen molar-refractivity contribution in [3.63, 3.8) is 0 Å². The molecule has 204 valence electrons. The van der Waals surface area contributed by atoms with Crippen molar-refractivity contribution in [2.45, 2.75) is 47.2 Å². The Labute approximate surface area is 217 Å². The summed E-state index contributed by atoms with van der Waals surface area (Å²) < 4.78 is 59.2. The number of amides is 1. The summed E-state index contributed by atoms with van der Waals surface area (Å²) in [5.41, 5.74) is -2.88. The fraction of sp³-hybridized carbons (Fsp3) is 0.407. The summed E-state index contributed by atoms with van der Waals surface area (Å²) >= 11 is 0. The highest BCUT2D eigenvalue weighted by atomic mass is 19.4. The van der Waals surface area contributed by atoms with Crippen LogP contribution in [0.2, 0.25) is 0 Å². The monoisotopic (exact) mass is 536 g/mol. The Kier molecular flexibility index (Phi) is 8.93. The van der Waals surface area contributed by atoms with Gasteiger partial charge in [0.15, 0.2) is 0 Å². The van der Waals surface area contributed by atoms with E-state index in [2.05, 4.69) is 11.2 Å². The van der Waals surface area contributed by atoms with Gasteiger partial charge >= 0.3 is 12.1 Å². The normalized spacial score (nSPS) is 13.0. The van der Waals surface area contributed by atoms with Crippen LogP contribution in [-0.2, 0) is 27.5 Å². The average Bonchev–Trinajstić information content (AvgIpc) is 3.05. The lowest BCUT2D eigenvalue weighted by molar-refractivity contribution is -0.150. The topological polar surface area (TPSA) is 94.5 Å². The fourth-order valence-corrected chi connectivity index (χ4v) is 3.76. The Morgan fingerprint density at radius 2 is 1.76 bits per heavy atom. The number of halogens is 4. The number of esters is 1. The van der Waals surface area contributed by atoms with Crippen LogP contribution in [0.4, 0.5) is 23.2 Å². The second-order valence-electron chi connectivity index (χ2n) is 9.54. The lowest BCUT2D eigenvalue weighted by Gasteiger charge is -2.22. The lowest BCUT2D eigenvalue weighted by atomic mass is 9.84. The summed E-state index contributed by atoms with van der Waals surface area (Å²) in [5.74, 6) is -2.69. The summed E-state index contributed by atoms with van der Waals surface area (Å²) in [6, 6.07) is 2.01. The number of anilines is 1. The van der Waals surface area contributed by atoms with Crippen molar-refractivity contribution in [3.8, 4) is 12.3 Å². The number of terminal acetylenes is 1. The molecule has 7 nitrogen and oxygen atoms in total. The molecule has 1 aromatic heterocycles. The van der Waals surface area contributed by atoms with Crippen LogP contribution in [0.1, 0.15) is 64.9 Å². The molecule has 0 saturated heterocycles. The molecule has 2 aromatic rings. The number of ether oxygens (including phenoxy) is 1. The largest absolute Gasteiger partial charge is 0.464 e. The predicted octanol–water partition coefficient (Wildman–Crippen LogP) is 5.03. The molecule has 0 aliphatic heterocycles. The van der Waals surface area contributed by atoms with Crippen LogP contribution in [0.3, 0.4) is 0 Å². The number of nitrogens with zero attached hydrogens (tertiary/aromatic N) is 1. The number of hydrogen-bond donors (Lipinski definition) is 1. The van der Waals surface area contributed by atoms with Crippen LogP contribution in [0, 0.1) is 43.3 Å². The number of Topliss-reactive ketones (excluding diaryl/α,β-unsaturated/α-hetero) is 2. The van der Waals surface area contributed by atoms with Crippen molar-refractivity contribution < 1.29 is 41.5 Å². The van der Waals surface area contributed by atoms with Crippen molar-refractivity contribution in [1.82, 2.24) is 4.57 Å². The SMILES string of the molecule is C#C[C@](C)(COC(=O)C(C)C)CC(=O)C(=O)c1c(C)c(C(=O)Nc2ccc(F)c(C(F)(F)F)c2)n(C)c1C. The number of ketones is 2. The van der Waals surface area contributed by atoms with E-state index in [0.29, 0.717) is 12.1 Å². The highest BCUT2D eigenvalue weighted by Crippen LogP contribution is 2.33. The summed E-state index contributed by atoms with van der Waals surface area (Å²) in [4.78, 5) is 50.8. The second-order valence-corrected chi connectivity index (χ2v) is 9.54. The van der Waals surface area contributed by atoms with Crippen LogP contribution in [0.15, 0.2) is 18.2 Å². The standard InChI is InChI=1S/C27H28F4N2O5/c1-8-26(6,13-38-25(37)14(2)3)12-20(34)23(35)21-15(4)22(33(7)16(21)5)24(36)32-17-9-10-19(28)18(11-17)27(29,30)31/h1,9-11,14H,12-13H2,2-7H3,(H,32,36)/t26-/m0/s1. The van der Waals surface area contributed by atoms with Gasteiger partial charge in [0.25, 0.3) is 5.91 Å². The van der Waals surface area contributed by atoms with Gasteiger partial charge in [0.1, 0.15) is 18.1 Å². The Morgan fingerprint density at radius 3 is 2.29 bits per heavy atom. The maximum atomic E-state index is 13.6. The molecule has 0 aliphatic carbocycles. The van der Waals surface area contributed by atoms with Crippen LogP contribution in [0.25, 0.3) is 0 Å². The molecule has 0 unspecified atom stereocenters. The van der Waals surface area contributed by atoms with Crippen molar-refractivity contribution in [2.24, 2.45) is 18.4 Å². The van der Waals surface area contributed by atoms with E-state index in [-0.39, 0.29) is 34.8 Å². The number of alkyl halides is 3. The number of rotatable bonds is 9. The highest BCUT2D eigenvalue weighted by Gasteiger charge is 2.36. The number of hydrogen-bond acceptors (Lipinski definition) is 5. The number of carbonyl (C=O) groups excluding carboxylic acids is 4. The molecule has 0 spiro atoms. The first-order valence-electron chi connectivity index (χ1n) is 11.5. The molecule has 11 heteroatoms. The Bertz CT molecular complexity index is 1330. The molecule has 1 heterocycles. The maximum absolute atomic E-state index is 13.6. The zero-order valence-electron chi connectivity index (χ0n) is 21.8. The molecule has 2 rings (SSSR count). The minimum Gasteiger partial charge on any atom is -0.464 e. The summed E-state index contributed by atoms with van der Waals surface area (Å²) in [6.07, 6.45) is 0.147. The van der Waals surface area contributed by atoms with Gasteiger partial charge in [0, 0.05) is 24.8 Å². The van der Waals surface area contributed by atoms with Gasteiger partial charge < -0.3 is 14.6 Å². The van der Waals surface area contributed by atoms with Crippen molar-refractivity contribution in [3.05, 3.63) is 52.1 Å². The van der Waals surface area contributed by atoms with Crippen LogP contribution in [0.5, 0.6) is 0 Å². The van der Waals surface area contributed by atoms with Gasteiger partial charge in [-0.2, -0.15) is 13.2 Å². The van der Waals surface area contributed by atoms with E-state index in [4.69, 9.17) is 11.2 Å². The average molecular weight is 537 g/mol. The maximum Gasteiger partial charge on any atom is 0.419 e. The Balaban J connectivity index is 2.32. The summed E-state index contributed by atoms with van der Waals surface area (Å²) in [5, 5.41) is 2.27. The third kappa shape index (κ3) is 6.49. The van der Waals surface area contributed by atoms with Gasteiger partial charge in [-0.3, -0.25) is 19.2 Å². The molecule has 0 saturated carbocycles. The first kappa shape index (κ1) is 30.3. The number of carbonyl (C=O) groups is 4. The summed E-state index contributed by atoms with van der Waals surface area (Å²) in [6.45, 7) is 7.38. The highest BCUT2D eigenvalue weighted by molar-refractivity contribution is 6.44. The third-order valence-electron chi connectivity index (χ3n) is 6.06. The van der Waals surface area contributed by atoms with Crippen LogP contribution in [-0.4, -0.2) is 34.6 Å². The van der Waals surface area contributed by atoms with E-state index in [1.54, 1.807) is 13.8 Å². The Hall–Kier alpha value is -3.94. The number of nitrogens with one attached hydrogen (secondary N) is 1. The van der Waals surface area contributed by atoms with Gasteiger partial charge in [0.2, 0.25) is 11.6 Å². The molecular weight excluding hydrogens is 508 g/mol. The molecule has 38 heavy (non-hydrogen) atoms. The minimum atomic E-state index is -4.97. The van der Waals surface area contributed by atoms with Crippen molar-refractivity contribution >= 4 is 29.1 Å². The van der Waals surface area contributed by atoms with E-state index in [1.807, 2.05) is 0 Å². The molecule has 0 fully saturated rings. The van der Waals surface area contributed by atoms with Crippen molar-refractivity contribution in [1.29, 1.82) is 0 Å². The zero-order chi connectivity index (χ0) is 29.2. The first-order chi connectivity index (χ1) is 17.4. The molecule has 0 aliphatic rings. The van der Waals surface area contributed by atoms with Gasteiger partial charge in [-0.1, -0.05) is 19.8 Å². The van der Waals surface area contributed by atoms with Gasteiger partial charge in [-0.15, -0.1) is 6.42 Å². The second kappa shape index (κ2) is 11.2. The van der Waals surface area contributed by atoms with Crippen molar-refractivity contribution in [2.75, 3.05) is 11.9 Å². The first-order valence-corrected chi connectivity index (χ1v) is 11.5. The van der Waals surface area contributed by atoms with E-state index in [0.717, 1.165) is 6.07 Å². The van der Waals surface area contributed by atoms with E-state index in [1.165, 1.54) is 32.4 Å². The van der Waals surface area contributed by atoms with Gasteiger partial charge in [0.05, 0.1) is 22.5 Å². The molecular formula is C27H28F4N2O5. The molecule has 1 atom stereocenters. The molecule has 0 bridgehead atoms. The van der Waals surface area contributed by atoms with E-state index >= 15 is 0 Å². The third-order valence-corrected chi connectivity index (χ3v) is 6.06. The molecule has 1 N–H and O–H groups in total. The molecule has 0 radical (unpaired) electrons. The molecule has 1 amide bonds. The van der Waals surface area contributed by atoms with Crippen LogP contribution >= 0.6 is 0 Å². The fourth-order valence-electron chi connectivity index (χ4n) is 3.76. The van der Waals surface area contributed by atoms with E-state index in [9.17, 15) is 36.7 Å².